The van der Waals surface area contributed by atoms with Crippen LogP contribution in [0, 0.1) is 0 Å². The molecule has 248 valence electrons. The Kier molecular flexibility index (Phi) is 7.46. The third-order valence-corrected chi connectivity index (χ3v) is 11.0. The van der Waals surface area contributed by atoms with Gasteiger partial charge in [0.15, 0.2) is 0 Å². The summed E-state index contributed by atoms with van der Waals surface area (Å²) in [5, 5.41) is 5.51. The van der Waals surface area contributed by atoms with E-state index in [2.05, 4.69) is 192 Å². The second kappa shape index (κ2) is 12.7. The van der Waals surface area contributed by atoms with E-state index in [1.54, 1.807) is 0 Å². The normalized spacial score (nSPS) is 13.0. The lowest BCUT2D eigenvalue weighted by Gasteiger charge is -2.26. The molecule has 8 aromatic rings. The van der Waals surface area contributed by atoms with Crippen LogP contribution in [0.3, 0.4) is 0 Å². The van der Waals surface area contributed by atoms with Crippen molar-refractivity contribution in [3.8, 4) is 0 Å². The Bertz CT molecular complexity index is 2350. The van der Waals surface area contributed by atoms with Crippen molar-refractivity contribution < 1.29 is 0 Å². The smallest absolute Gasteiger partial charge is 0.0470 e. The molecule has 0 atom stereocenters. The van der Waals surface area contributed by atoms with E-state index in [-0.39, 0.29) is 0 Å². The number of hydrogen-bond acceptors (Lipinski definition) is 2. The molecule has 0 amide bonds. The summed E-state index contributed by atoms with van der Waals surface area (Å²) in [5.41, 5.74) is 15.6. The largest absolute Gasteiger partial charge is 0.310 e. The summed E-state index contributed by atoms with van der Waals surface area (Å²) in [6, 6.07) is 61.8. The maximum Gasteiger partial charge on any atom is 0.0470 e. The number of nitrogens with zero attached hydrogens (tertiary/aromatic N) is 2. The highest BCUT2D eigenvalue weighted by Crippen LogP contribution is 2.43. The quantitative estimate of drug-likeness (QED) is 0.149. The third kappa shape index (κ3) is 5.27. The molecule has 0 saturated heterocycles. The van der Waals surface area contributed by atoms with Crippen LogP contribution in [0.1, 0.15) is 33.4 Å². The molecule has 0 aromatic heterocycles. The highest BCUT2D eigenvalue weighted by Gasteiger charge is 2.23. The van der Waals surface area contributed by atoms with Gasteiger partial charge < -0.3 is 9.80 Å². The first kappa shape index (κ1) is 30.4. The molecule has 2 aliphatic rings. The Morgan fingerprint density at radius 3 is 1.02 bits per heavy atom. The molecule has 2 aliphatic carbocycles. The zero-order valence-corrected chi connectivity index (χ0v) is 29.0. The average Bonchev–Trinajstić information content (AvgIpc) is 3.84. The minimum Gasteiger partial charge on any atom is -0.310 e. The van der Waals surface area contributed by atoms with Crippen molar-refractivity contribution in [1.82, 2.24) is 0 Å². The second-order valence-corrected chi connectivity index (χ2v) is 14.0. The van der Waals surface area contributed by atoms with E-state index < -0.39 is 0 Å². The molecular weight excluding hydrogens is 629 g/mol. The van der Waals surface area contributed by atoms with E-state index in [9.17, 15) is 0 Å². The summed E-state index contributed by atoms with van der Waals surface area (Å²) < 4.78 is 0. The number of para-hydroxylation sites is 4. The molecule has 0 radical (unpaired) electrons. The van der Waals surface area contributed by atoms with Gasteiger partial charge in [0.05, 0.1) is 0 Å². The van der Waals surface area contributed by atoms with E-state index in [0.717, 1.165) is 25.7 Å². The van der Waals surface area contributed by atoms with E-state index in [1.165, 1.54) is 89.0 Å². The predicted molar refractivity (Wildman–Crippen MR) is 221 cm³/mol. The second-order valence-electron chi connectivity index (χ2n) is 14.0. The molecule has 0 bridgehead atoms. The minimum atomic E-state index is 1.07. The minimum absolute atomic E-state index is 1.07. The van der Waals surface area contributed by atoms with Crippen LogP contribution in [0.2, 0.25) is 0 Å². The zero-order chi connectivity index (χ0) is 34.4. The van der Waals surface area contributed by atoms with Gasteiger partial charge in [0.2, 0.25) is 0 Å². The summed E-state index contributed by atoms with van der Waals surface area (Å²) in [6.07, 6.45) is 9.02. The van der Waals surface area contributed by atoms with E-state index in [4.69, 9.17) is 0 Å². The Labute approximate surface area is 305 Å². The van der Waals surface area contributed by atoms with Gasteiger partial charge in [-0.25, -0.2) is 0 Å². The first-order valence-electron chi connectivity index (χ1n) is 18.4. The van der Waals surface area contributed by atoms with Gasteiger partial charge >= 0.3 is 0 Å². The van der Waals surface area contributed by atoms with Gasteiger partial charge in [0, 0.05) is 34.1 Å². The number of rotatable bonds is 8. The van der Waals surface area contributed by atoms with Gasteiger partial charge in [-0.2, -0.15) is 0 Å². The molecule has 0 spiro atoms. The Balaban J connectivity index is 1.00. The third-order valence-electron chi connectivity index (χ3n) is 11.0. The predicted octanol–water partition coefficient (Wildman–Crippen LogP) is 13.3. The fourth-order valence-electron chi connectivity index (χ4n) is 8.67. The first-order valence-corrected chi connectivity index (χ1v) is 18.4. The number of anilines is 6. The van der Waals surface area contributed by atoms with Crippen LogP contribution >= 0.6 is 0 Å². The fraction of sp³-hybridized carbons (Fsp3) is 0.0800. The van der Waals surface area contributed by atoms with Gasteiger partial charge in [-0.1, -0.05) is 109 Å². The lowest BCUT2D eigenvalue weighted by Crippen LogP contribution is -2.10. The van der Waals surface area contributed by atoms with Crippen LogP contribution in [0.4, 0.5) is 34.1 Å². The molecule has 10 rings (SSSR count). The Morgan fingerprint density at radius 1 is 0.327 bits per heavy atom. The van der Waals surface area contributed by atoms with E-state index >= 15 is 0 Å². The molecule has 0 N–H and O–H groups in total. The molecule has 0 fully saturated rings. The lowest BCUT2D eigenvalue weighted by atomic mass is 9.96. The van der Waals surface area contributed by atoms with Crippen molar-refractivity contribution in [2.24, 2.45) is 0 Å². The van der Waals surface area contributed by atoms with Crippen molar-refractivity contribution in [3.63, 3.8) is 0 Å². The standard InChI is InChI=1S/C50H38N2/c1-5-13-41(14-6-1)51(42-15-7-2-8-16-42)45-31-37-25-23-35(47-29-27-39(33-45)49(37)47)21-22-36-24-26-38-32-46(34-40-28-30-48(36)50(38)40)52(43-17-9-3-10-18-43)44-19-11-4-12-20-44/h1-26,31-34H,27-30H2/b22-21+. The number of benzene rings is 8. The summed E-state index contributed by atoms with van der Waals surface area (Å²) in [4.78, 5) is 4.76. The van der Waals surface area contributed by atoms with Crippen molar-refractivity contribution in [3.05, 3.63) is 203 Å². The van der Waals surface area contributed by atoms with E-state index in [1.807, 2.05) is 0 Å². The number of hydrogen-bond donors (Lipinski definition) is 0. The van der Waals surface area contributed by atoms with Crippen molar-refractivity contribution in [2.75, 3.05) is 9.80 Å². The van der Waals surface area contributed by atoms with Gasteiger partial charge in [-0.05, 0) is 153 Å². The fourth-order valence-corrected chi connectivity index (χ4v) is 8.67. The van der Waals surface area contributed by atoms with Crippen molar-refractivity contribution in [1.29, 1.82) is 0 Å². The molecule has 0 aliphatic heterocycles. The Hall–Kier alpha value is -6.38. The summed E-state index contributed by atoms with van der Waals surface area (Å²) >= 11 is 0. The van der Waals surface area contributed by atoms with Crippen LogP contribution in [0.25, 0.3) is 33.7 Å². The lowest BCUT2D eigenvalue weighted by molar-refractivity contribution is 1.02. The zero-order valence-electron chi connectivity index (χ0n) is 29.0. The van der Waals surface area contributed by atoms with Crippen LogP contribution in [0.5, 0.6) is 0 Å². The molecule has 0 saturated carbocycles. The summed E-state index contributed by atoms with van der Waals surface area (Å²) in [6.45, 7) is 0. The molecule has 8 aromatic carbocycles. The monoisotopic (exact) mass is 666 g/mol. The maximum absolute atomic E-state index is 2.42. The highest BCUT2D eigenvalue weighted by atomic mass is 15.1. The van der Waals surface area contributed by atoms with E-state index in [0.29, 0.717) is 0 Å². The molecule has 0 unspecified atom stereocenters. The van der Waals surface area contributed by atoms with Crippen LogP contribution < -0.4 is 9.80 Å². The van der Waals surface area contributed by atoms with Crippen molar-refractivity contribution in [2.45, 2.75) is 25.7 Å². The van der Waals surface area contributed by atoms with Crippen LogP contribution in [-0.4, -0.2) is 0 Å². The number of aryl methyl sites for hydroxylation is 4. The topological polar surface area (TPSA) is 6.48 Å². The Morgan fingerprint density at radius 2 is 0.673 bits per heavy atom. The average molecular weight is 667 g/mol. The first-order chi connectivity index (χ1) is 25.8. The highest BCUT2D eigenvalue weighted by molar-refractivity contribution is 6.00. The molecular formula is C50H38N2. The van der Waals surface area contributed by atoms with Gasteiger partial charge in [-0.3, -0.25) is 0 Å². The molecule has 52 heavy (non-hydrogen) atoms. The summed E-state index contributed by atoms with van der Waals surface area (Å²) in [7, 11) is 0. The maximum atomic E-state index is 2.42. The van der Waals surface area contributed by atoms with Crippen molar-refractivity contribution >= 4 is 67.8 Å². The molecule has 0 heterocycles. The van der Waals surface area contributed by atoms with Gasteiger partial charge in [-0.15, -0.1) is 0 Å². The van der Waals surface area contributed by atoms with Crippen LogP contribution in [-0.2, 0) is 25.7 Å². The summed E-state index contributed by atoms with van der Waals surface area (Å²) in [5.74, 6) is 0. The van der Waals surface area contributed by atoms with Gasteiger partial charge in [0.1, 0.15) is 0 Å². The molecule has 2 nitrogen and oxygen atoms in total. The molecule has 2 heteroatoms. The van der Waals surface area contributed by atoms with Crippen LogP contribution in [0.15, 0.2) is 170 Å². The SMILES string of the molecule is C(=C\c1ccc2cc(N(c3ccccc3)c3ccccc3)cc3c2c1CC3)/c1ccc2cc(N(c3ccccc3)c3ccccc3)cc3c2c1CC3. The van der Waals surface area contributed by atoms with Gasteiger partial charge in [0.25, 0.3) is 0 Å².